The molecule has 0 aliphatic carbocycles. The molecule has 4 aromatic rings. The van der Waals surface area contributed by atoms with Crippen molar-refractivity contribution in [2.75, 3.05) is 23.3 Å². The predicted molar refractivity (Wildman–Crippen MR) is 142 cm³/mol. The number of oxazole rings is 1. The number of aromatic hydroxyl groups is 1. The predicted octanol–water partition coefficient (Wildman–Crippen LogP) is 6.55. The van der Waals surface area contributed by atoms with Gasteiger partial charge in [0.05, 0.1) is 5.56 Å². The van der Waals surface area contributed by atoms with E-state index in [1.165, 1.54) is 42.8 Å². The maximum Gasteiger partial charge on any atom is 0.452 e. The number of carbonyl (C=O) groups excluding carboxylic acids is 1. The van der Waals surface area contributed by atoms with Gasteiger partial charge >= 0.3 is 12.1 Å². The zero-order valence-corrected chi connectivity index (χ0v) is 21.4. The number of amides is 1. The molecule has 1 aromatic heterocycles. The first-order valence-corrected chi connectivity index (χ1v) is 12.3. The van der Waals surface area contributed by atoms with Crippen molar-refractivity contribution in [2.45, 2.75) is 19.5 Å². The number of phenols is 1. The van der Waals surface area contributed by atoms with Crippen molar-refractivity contribution >= 4 is 23.3 Å². The van der Waals surface area contributed by atoms with Crippen molar-refractivity contribution in [1.29, 1.82) is 0 Å². The Bertz CT molecular complexity index is 1450. The third kappa shape index (κ3) is 6.99. The topological polar surface area (TPSA) is 116 Å². The number of nitrogens with one attached hydrogen (secondary N) is 1. The van der Waals surface area contributed by atoms with Crippen LogP contribution in [0.3, 0.4) is 0 Å². The lowest BCUT2D eigenvalue weighted by atomic mass is 10.2. The normalized spacial score (nSPS) is 14.8. The van der Waals surface area contributed by atoms with Crippen molar-refractivity contribution in [3.05, 3.63) is 95.9 Å². The first-order valence-electron chi connectivity index (χ1n) is 12.3. The maximum atomic E-state index is 13.2. The molecule has 1 aliphatic heterocycles. The average Bonchev–Trinajstić information content (AvgIpc) is 3.58. The van der Waals surface area contributed by atoms with Gasteiger partial charge in [-0.2, -0.15) is 13.2 Å². The Hall–Kier alpha value is -4.80. The summed E-state index contributed by atoms with van der Waals surface area (Å²) in [7, 11) is 0. The van der Waals surface area contributed by atoms with Crippen LogP contribution in [0.5, 0.6) is 5.75 Å². The monoisotopic (exact) mass is 553 g/mol. The number of carboxylic acid groups (broad SMARTS) is 1. The molecule has 8 nitrogen and oxygen atoms in total. The van der Waals surface area contributed by atoms with Crippen molar-refractivity contribution in [3.63, 3.8) is 0 Å². The number of aromatic nitrogens is 1. The van der Waals surface area contributed by atoms with Gasteiger partial charge in [0.25, 0.3) is 5.91 Å². The fourth-order valence-electron chi connectivity index (χ4n) is 4.09. The second-order valence-electron chi connectivity index (χ2n) is 9.25. The van der Waals surface area contributed by atoms with Crippen LogP contribution in [0.15, 0.2) is 83.3 Å². The van der Waals surface area contributed by atoms with Gasteiger partial charge in [-0.15, -0.1) is 0 Å². The van der Waals surface area contributed by atoms with E-state index in [0.29, 0.717) is 11.1 Å². The van der Waals surface area contributed by atoms with E-state index in [4.69, 9.17) is 9.52 Å². The minimum absolute atomic E-state index is 0.0400. The van der Waals surface area contributed by atoms with E-state index < -0.39 is 29.5 Å². The van der Waals surface area contributed by atoms with Crippen LogP contribution in [0.25, 0.3) is 11.5 Å². The standard InChI is InChI=1S/C17H11F3N2O3.C12H15NO2/c18-17(19,20)14-13(15(24)21-11-6-8-12(23)9-7-11)22-16(25-14)10-4-2-1-3-5-10;1-9-6-7-13(8-9)11-4-2-10(3-5-11)12(14)15/h1-9,23H,(H,21,24);2-5,9H,6-8H2,1H3,(H,14,15)/t;9-/m.0/s1. The Kier molecular flexibility index (Phi) is 8.42. The van der Waals surface area contributed by atoms with E-state index in [1.54, 1.807) is 30.3 Å². The van der Waals surface area contributed by atoms with Crippen molar-refractivity contribution in [2.24, 2.45) is 5.92 Å². The second kappa shape index (κ2) is 11.9. The molecule has 40 heavy (non-hydrogen) atoms. The first-order chi connectivity index (χ1) is 19.0. The van der Waals surface area contributed by atoms with Gasteiger partial charge in [0.1, 0.15) is 5.75 Å². The number of carbonyl (C=O) groups is 2. The number of hydrogen-bond acceptors (Lipinski definition) is 6. The van der Waals surface area contributed by atoms with Crippen LogP contribution in [-0.2, 0) is 6.18 Å². The Labute approximate surface area is 227 Å². The number of hydrogen-bond donors (Lipinski definition) is 3. The number of benzene rings is 3. The molecule has 0 bridgehead atoms. The van der Waals surface area contributed by atoms with E-state index in [2.05, 4.69) is 22.1 Å². The van der Waals surface area contributed by atoms with Gasteiger partial charge in [-0.05, 0) is 73.0 Å². The SMILES string of the molecule is C[C@H]1CCN(c2ccc(C(=O)O)cc2)C1.O=C(Nc1ccc(O)cc1)c1nc(-c2ccccc2)oc1C(F)(F)F. The average molecular weight is 554 g/mol. The molecule has 5 rings (SSSR count). The number of alkyl halides is 3. The number of rotatable bonds is 5. The lowest BCUT2D eigenvalue weighted by molar-refractivity contribution is -0.153. The van der Waals surface area contributed by atoms with Gasteiger partial charge in [0.2, 0.25) is 11.7 Å². The lowest BCUT2D eigenvalue weighted by Crippen LogP contribution is -2.18. The smallest absolute Gasteiger partial charge is 0.452 e. The van der Waals surface area contributed by atoms with Gasteiger partial charge in [-0.3, -0.25) is 4.79 Å². The summed E-state index contributed by atoms with van der Waals surface area (Å²) in [5.74, 6) is -3.00. The van der Waals surface area contributed by atoms with Gasteiger partial charge in [0, 0.05) is 30.0 Å². The molecule has 1 atom stereocenters. The number of phenolic OH excluding ortho intramolecular Hbond substituents is 1. The summed E-state index contributed by atoms with van der Waals surface area (Å²) in [6, 6.07) is 20.3. The first kappa shape index (κ1) is 28.2. The summed E-state index contributed by atoms with van der Waals surface area (Å²) in [5.41, 5.74) is 1.15. The Morgan fingerprint density at radius 3 is 2.20 bits per heavy atom. The second-order valence-corrected chi connectivity index (χ2v) is 9.25. The molecule has 0 saturated carbocycles. The minimum Gasteiger partial charge on any atom is -0.508 e. The molecule has 1 aliphatic rings. The fraction of sp³-hybridized carbons (Fsp3) is 0.207. The van der Waals surface area contributed by atoms with Crippen LogP contribution in [0.4, 0.5) is 24.5 Å². The van der Waals surface area contributed by atoms with E-state index in [1.807, 2.05) is 12.1 Å². The lowest BCUT2D eigenvalue weighted by Gasteiger charge is -2.18. The number of nitrogens with zero attached hydrogens (tertiary/aromatic N) is 2. The Balaban J connectivity index is 0.000000210. The summed E-state index contributed by atoms with van der Waals surface area (Å²) in [6.07, 6.45) is -3.65. The van der Waals surface area contributed by atoms with Crippen molar-refractivity contribution in [3.8, 4) is 17.2 Å². The summed E-state index contributed by atoms with van der Waals surface area (Å²) in [4.78, 5) is 28.9. The number of halogens is 3. The maximum absolute atomic E-state index is 13.2. The van der Waals surface area contributed by atoms with E-state index >= 15 is 0 Å². The summed E-state index contributed by atoms with van der Waals surface area (Å²) >= 11 is 0. The molecular weight excluding hydrogens is 527 g/mol. The molecule has 3 aromatic carbocycles. The molecular formula is C29H26F3N3O5. The van der Waals surface area contributed by atoms with Gasteiger partial charge in [-0.1, -0.05) is 25.1 Å². The van der Waals surface area contributed by atoms with Crippen molar-refractivity contribution < 1.29 is 37.4 Å². The molecule has 2 heterocycles. The third-order valence-corrected chi connectivity index (χ3v) is 6.15. The highest BCUT2D eigenvalue weighted by Crippen LogP contribution is 2.35. The Morgan fingerprint density at radius 1 is 1.00 bits per heavy atom. The zero-order chi connectivity index (χ0) is 28.9. The van der Waals surface area contributed by atoms with Crippen LogP contribution < -0.4 is 10.2 Å². The van der Waals surface area contributed by atoms with Gasteiger partial charge in [0.15, 0.2) is 5.69 Å². The van der Waals surface area contributed by atoms with E-state index in [0.717, 1.165) is 24.7 Å². The molecule has 1 saturated heterocycles. The summed E-state index contributed by atoms with van der Waals surface area (Å²) < 4.78 is 44.4. The quantitative estimate of drug-likeness (QED) is 0.240. The minimum atomic E-state index is -4.87. The highest BCUT2D eigenvalue weighted by molar-refractivity contribution is 6.04. The van der Waals surface area contributed by atoms with Crippen molar-refractivity contribution in [1.82, 2.24) is 4.98 Å². The summed E-state index contributed by atoms with van der Waals surface area (Å²) in [5, 5.41) is 20.3. The van der Waals surface area contributed by atoms with Crippen LogP contribution in [-0.4, -0.2) is 40.2 Å². The number of aromatic carboxylic acids is 1. The highest BCUT2D eigenvalue weighted by atomic mass is 19.4. The molecule has 0 spiro atoms. The largest absolute Gasteiger partial charge is 0.508 e. The molecule has 1 fully saturated rings. The van der Waals surface area contributed by atoms with E-state index in [9.17, 15) is 27.9 Å². The summed E-state index contributed by atoms with van der Waals surface area (Å²) in [6.45, 7) is 4.39. The molecule has 1 amide bonds. The third-order valence-electron chi connectivity index (χ3n) is 6.15. The fourth-order valence-corrected chi connectivity index (χ4v) is 4.09. The molecule has 11 heteroatoms. The highest BCUT2D eigenvalue weighted by Gasteiger charge is 2.42. The van der Waals surface area contributed by atoms with Crippen LogP contribution >= 0.6 is 0 Å². The zero-order valence-electron chi connectivity index (χ0n) is 21.4. The molecule has 0 radical (unpaired) electrons. The molecule has 0 unspecified atom stereocenters. The molecule has 3 N–H and O–H groups in total. The van der Waals surface area contributed by atoms with Crippen LogP contribution in [0.1, 0.15) is 40.0 Å². The number of anilines is 2. The van der Waals surface area contributed by atoms with Gasteiger partial charge in [-0.25, -0.2) is 9.78 Å². The van der Waals surface area contributed by atoms with Gasteiger partial charge < -0.3 is 24.8 Å². The molecule has 208 valence electrons. The van der Waals surface area contributed by atoms with Crippen LogP contribution in [0, 0.1) is 5.92 Å². The van der Waals surface area contributed by atoms with E-state index in [-0.39, 0.29) is 17.3 Å². The number of carboxylic acids is 1. The van der Waals surface area contributed by atoms with Crippen LogP contribution in [0.2, 0.25) is 0 Å². The Morgan fingerprint density at radius 2 is 1.65 bits per heavy atom.